The van der Waals surface area contributed by atoms with E-state index in [1.807, 2.05) is 7.05 Å². The molecule has 2 aliphatic carbocycles. The quantitative estimate of drug-likeness (QED) is 0.572. The maximum absolute atomic E-state index is 4.33. The Bertz CT molecular complexity index is 532. The van der Waals surface area contributed by atoms with E-state index in [4.69, 9.17) is 0 Å². The molecule has 0 amide bonds. The van der Waals surface area contributed by atoms with Gasteiger partial charge in [0.05, 0.1) is 0 Å². The summed E-state index contributed by atoms with van der Waals surface area (Å²) in [5.74, 6) is 1.88. The molecule has 2 fully saturated rings. The summed E-state index contributed by atoms with van der Waals surface area (Å²) in [6.45, 7) is 6.35. The van der Waals surface area contributed by atoms with E-state index in [2.05, 4.69) is 51.7 Å². The number of hydrogen-bond donors (Lipinski definition) is 2. The molecule has 1 aromatic carbocycles. The van der Waals surface area contributed by atoms with E-state index in [9.17, 15) is 0 Å². The molecule has 3 rings (SSSR count). The van der Waals surface area contributed by atoms with Crippen molar-refractivity contribution < 1.29 is 0 Å². The van der Waals surface area contributed by atoms with Crippen molar-refractivity contribution in [3.05, 3.63) is 35.4 Å². The number of rotatable bonds is 8. The van der Waals surface area contributed by atoms with Crippen molar-refractivity contribution in [3.63, 3.8) is 0 Å². The topological polar surface area (TPSA) is 39.7 Å². The molecule has 0 unspecified atom stereocenters. The van der Waals surface area contributed by atoms with Crippen molar-refractivity contribution >= 4 is 5.96 Å². The minimum Gasteiger partial charge on any atom is -0.355 e. The van der Waals surface area contributed by atoms with Gasteiger partial charge in [0, 0.05) is 39.3 Å². The van der Waals surface area contributed by atoms with Gasteiger partial charge in [-0.1, -0.05) is 29.8 Å². The Balaban J connectivity index is 1.38. The fourth-order valence-corrected chi connectivity index (χ4v) is 3.04. The summed E-state index contributed by atoms with van der Waals surface area (Å²) in [4.78, 5) is 7.01. The van der Waals surface area contributed by atoms with Crippen LogP contribution in [-0.2, 0) is 6.54 Å². The second-order valence-corrected chi connectivity index (χ2v) is 7.01. The van der Waals surface area contributed by atoms with Crippen LogP contribution in [0.3, 0.4) is 0 Å². The number of aryl methyl sites for hydroxylation is 1. The predicted molar refractivity (Wildman–Crippen MR) is 96.7 cm³/mol. The van der Waals surface area contributed by atoms with Crippen molar-refractivity contribution in [2.24, 2.45) is 10.9 Å². The van der Waals surface area contributed by atoms with Crippen molar-refractivity contribution in [1.29, 1.82) is 0 Å². The first-order chi connectivity index (χ1) is 11.2. The van der Waals surface area contributed by atoms with Crippen LogP contribution in [0.25, 0.3) is 0 Å². The smallest absolute Gasteiger partial charge is 0.191 e. The van der Waals surface area contributed by atoms with Crippen molar-refractivity contribution in [1.82, 2.24) is 15.5 Å². The van der Waals surface area contributed by atoms with Crippen LogP contribution in [0, 0.1) is 12.8 Å². The van der Waals surface area contributed by atoms with Gasteiger partial charge >= 0.3 is 0 Å². The van der Waals surface area contributed by atoms with E-state index in [0.717, 1.165) is 37.6 Å². The number of nitrogens with zero attached hydrogens (tertiary/aromatic N) is 2. The van der Waals surface area contributed by atoms with E-state index in [-0.39, 0.29) is 0 Å². The molecule has 23 heavy (non-hydrogen) atoms. The van der Waals surface area contributed by atoms with E-state index < -0.39 is 0 Å². The van der Waals surface area contributed by atoms with Gasteiger partial charge in [0.25, 0.3) is 0 Å². The van der Waals surface area contributed by atoms with Gasteiger partial charge in [-0.15, -0.1) is 0 Å². The van der Waals surface area contributed by atoms with E-state index >= 15 is 0 Å². The van der Waals surface area contributed by atoms with E-state index in [0.29, 0.717) is 0 Å². The lowest BCUT2D eigenvalue weighted by molar-refractivity contribution is 0.256. The lowest BCUT2D eigenvalue weighted by Gasteiger charge is -2.22. The van der Waals surface area contributed by atoms with Crippen molar-refractivity contribution in [2.45, 2.75) is 45.2 Å². The average molecular weight is 314 g/mol. The predicted octanol–water partition coefficient (Wildman–Crippen LogP) is 2.53. The Morgan fingerprint density at radius 2 is 2.04 bits per heavy atom. The molecule has 2 aliphatic rings. The summed E-state index contributed by atoms with van der Waals surface area (Å²) in [5.41, 5.74) is 2.59. The monoisotopic (exact) mass is 314 g/mol. The van der Waals surface area contributed by atoms with Crippen LogP contribution >= 0.6 is 0 Å². The molecule has 0 aliphatic heterocycles. The van der Waals surface area contributed by atoms with Crippen LogP contribution in [0.15, 0.2) is 29.3 Å². The highest BCUT2D eigenvalue weighted by molar-refractivity contribution is 5.79. The number of guanidine groups is 1. The molecule has 0 heterocycles. The Labute approximate surface area is 140 Å². The largest absolute Gasteiger partial charge is 0.355 e. The van der Waals surface area contributed by atoms with Crippen LogP contribution in [0.1, 0.15) is 36.8 Å². The lowest BCUT2D eigenvalue weighted by Crippen LogP contribution is -2.42. The maximum Gasteiger partial charge on any atom is 0.191 e. The highest BCUT2D eigenvalue weighted by Gasteiger charge is 2.33. The fraction of sp³-hybridized carbons (Fsp3) is 0.632. The van der Waals surface area contributed by atoms with Gasteiger partial charge in [-0.25, -0.2) is 0 Å². The van der Waals surface area contributed by atoms with Crippen molar-refractivity contribution in [2.75, 3.05) is 26.7 Å². The minimum absolute atomic E-state index is 0.815. The molecule has 0 atom stereocenters. The molecule has 2 saturated carbocycles. The molecular weight excluding hydrogens is 284 g/mol. The SMILES string of the molecule is CN=C(NCCN(CC1CC1)C1CC1)NCc1cccc(C)c1. The van der Waals surface area contributed by atoms with Gasteiger partial charge in [-0.2, -0.15) is 0 Å². The van der Waals surface area contributed by atoms with Gasteiger partial charge < -0.3 is 10.6 Å². The third kappa shape index (κ3) is 5.54. The van der Waals surface area contributed by atoms with Gasteiger partial charge in [-0.05, 0) is 44.1 Å². The summed E-state index contributed by atoms with van der Waals surface area (Å²) in [5, 5.41) is 6.86. The highest BCUT2D eigenvalue weighted by Crippen LogP contribution is 2.34. The minimum atomic E-state index is 0.815. The van der Waals surface area contributed by atoms with E-state index in [1.165, 1.54) is 43.4 Å². The number of aliphatic imine (C=N–C) groups is 1. The first kappa shape index (κ1) is 16.3. The molecule has 4 nitrogen and oxygen atoms in total. The molecule has 0 aromatic heterocycles. The maximum atomic E-state index is 4.33. The Kier molecular flexibility index (Phi) is 5.55. The zero-order valence-corrected chi connectivity index (χ0v) is 14.5. The Hall–Kier alpha value is -1.55. The summed E-state index contributed by atoms with van der Waals surface area (Å²) in [6, 6.07) is 9.46. The normalized spacial score (nSPS) is 18.3. The highest BCUT2D eigenvalue weighted by atomic mass is 15.2. The first-order valence-corrected chi connectivity index (χ1v) is 8.98. The molecular formula is C19H30N4. The molecule has 126 valence electrons. The molecule has 0 radical (unpaired) electrons. The first-order valence-electron chi connectivity index (χ1n) is 8.98. The molecule has 1 aromatic rings. The summed E-state index contributed by atoms with van der Waals surface area (Å²) in [7, 11) is 1.84. The van der Waals surface area contributed by atoms with Crippen LogP contribution in [-0.4, -0.2) is 43.6 Å². The molecule has 0 spiro atoms. The summed E-state index contributed by atoms with van der Waals surface area (Å²) >= 11 is 0. The molecule has 4 heteroatoms. The van der Waals surface area contributed by atoms with Crippen LogP contribution in [0.2, 0.25) is 0 Å². The fourth-order valence-electron chi connectivity index (χ4n) is 3.04. The van der Waals surface area contributed by atoms with Crippen LogP contribution in [0.5, 0.6) is 0 Å². The summed E-state index contributed by atoms with van der Waals surface area (Å²) < 4.78 is 0. The third-order valence-corrected chi connectivity index (χ3v) is 4.71. The van der Waals surface area contributed by atoms with Gasteiger partial charge in [0.2, 0.25) is 0 Å². The second kappa shape index (κ2) is 7.82. The second-order valence-electron chi connectivity index (χ2n) is 7.01. The third-order valence-electron chi connectivity index (χ3n) is 4.71. The zero-order valence-electron chi connectivity index (χ0n) is 14.5. The number of nitrogens with one attached hydrogen (secondary N) is 2. The Morgan fingerprint density at radius 1 is 1.22 bits per heavy atom. The Morgan fingerprint density at radius 3 is 2.70 bits per heavy atom. The van der Waals surface area contributed by atoms with Crippen molar-refractivity contribution in [3.8, 4) is 0 Å². The zero-order chi connectivity index (χ0) is 16.1. The number of hydrogen-bond acceptors (Lipinski definition) is 2. The molecule has 0 bridgehead atoms. The van der Waals surface area contributed by atoms with Gasteiger partial charge in [0.1, 0.15) is 0 Å². The van der Waals surface area contributed by atoms with Crippen LogP contribution in [0.4, 0.5) is 0 Å². The van der Waals surface area contributed by atoms with E-state index in [1.54, 1.807) is 0 Å². The lowest BCUT2D eigenvalue weighted by atomic mass is 10.1. The molecule has 0 saturated heterocycles. The van der Waals surface area contributed by atoms with Crippen LogP contribution < -0.4 is 10.6 Å². The molecule has 2 N–H and O–H groups in total. The van der Waals surface area contributed by atoms with Gasteiger partial charge in [-0.3, -0.25) is 9.89 Å². The standard InChI is InChI=1S/C19H30N4/c1-15-4-3-5-17(12-15)13-22-19(20-2)21-10-11-23(18-8-9-18)14-16-6-7-16/h3-5,12,16,18H,6-11,13-14H2,1-2H3,(H2,20,21,22). The average Bonchev–Trinajstić information content (AvgIpc) is 3.43. The summed E-state index contributed by atoms with van der Waals surface area (Å²) in [6.07, 6.45) is 5.67. The number of benzene rings is 1. The van der Waals surface area contributed by atoms with Gasteiger partial charge in [0.15, 0.2) is 5.96 Å².